The number of hydrogen-bond donors (Lipinski definition) is 0. The SMILES string of the molecule is Cc1cc(-c2ncccc2COC(=O)CC(C)C)ccc1CCC1CC1. The summed E-state index contributed by atoms with van der Waals surface area (Å²) in [4.78, 5) is 16.4. The van der Waals surface area contributed by atoms with Gasteiger partial charge in [0.05, 0.1) is 5.69 Å². The highest BCUT2D eigenvalue weighted by molar-refractivity contribution is 5.70. The fourth-order valence-electron chi connectivity index (χ4n) is 3.26. The number of aryl methyl sites for hydroxylation is 2. The molecular formula is C23H29NO2. The van der Waals surface area contributed by atoms with Crippen molar-refractivity contribution in [3.05, 3.63) is 53.2 Å². The molecule has 3 rings (SSSR count). The number of rotatable bonds is 8. The van der Waals surface area contributed by atoms with Crippen LogP contribution in [0, 0.1) is 18.8 Å². The van der Waals surface area contributed by atoms with E-state index in [0.29, 0.717) is 12.3 Å². The maximum absolute atomic E-state index is 11.9. The summed E-state index contributed by atoms with van der Waals surface area (Å²) in [6.45, 7) is 6.49. The van der Waals surface area contributed by atoms with Crippen LogP contribution in [-0.4, -0.2) is 11.0 Å². The lowest BCUT2D eigenvalue weighted by Gasteiger charge is -2.12. The number of benzene rings is 1. The van der Waals surface area contributed by atoms with E-state index >= 15 is 0 Å². The van der Waals surface area contributed by atoms with Crippen LogP contribution in [0.1, 0.15) is 56.2 Å². The Labute approximate surface area is 156 Å². The number of ether oxygens (including phenoxy) is 1. The third-order valence-electron chi connectivity index (χ3n) is 4.99. The quantitative estimate of drug-likeness (QED) is 0.590. The van der Waals surface area contributed by atoms with Gasteiger partial charge in [-0.1, -0.05) is 44.9 Å². The van der Waals surface area contributed by atoms with Gasteiger partial charge in [-0.3, -0.25) is 9.78 Å². The number of carbonyl (C=O) groups excluding carboxylic acids is 1. The molecule has 138 valence electrons. The molecule has 1 heterocycles. The van der Waals surface area contributed by atoms with E-state index in [-0.39, 0.29) is 12.6 Å². The Kier molecular flexibility index (Phi) is 6.08. The molecule has 0 atom stereocenters. The Morgan fingerprint density at radius 2 is 2.04 bits per heavy atom. The van der Waals surface area contributed by atoms with Crippen molar-refractivity contribution in [2.45, 2.75) is 59.5 Å². The molecule has 0 N–H and O–H groups in total. The van der Waals surface area contributed by atoms with Gasteiger partial charge in [-0.2, -0.15) is 0 Å². The highest BCUT2D eigenvalue weighted by Crippen LogP contribution is 2.34. The monoisotopic (exact) mass is 351 g/mol. The molecule has 0 bridgehead atoms. The average Bonchev–Trinajstić information content (AvgIpc) is 3.43. The molecule has 3 heteroatoms. The maximum Gasteiger partial charge on any atom is 0.306 e. The fourth-order valence-corrected chi connectivity index (χ4v) is 3.26. The molecule has 26 heavy (non-hydrogen) atoms. The number of carbonyl (C=O) groups is 1. The molecule has 1 aliphatic rings. The van der Waals surface area contributed by atoms with Crippen LogP contribution >= 0.6 is 0 Å². The molecular weight excluding hydrogens is 322 g/mol. The smallest absolute Gasteiger partial charge is 0.306 e. The predicted molar refractivity (Wildman–Crippen MR) is 105 cm³/mol. The van der Waals surface area contributed by atoms with E-state index in [2.05, 4.69) is 30.1 Å². The van der Waals surface area contributed by atoms with Gasteiger partial charge in [0.1, 0.15) is 6.61 Å². The van der Waals surface area contributed by atoms with Gasteiger partial charge in [-0.15, -0.1) is 0 Å². The highest BCUT2D eigenvalue weighted by Gasteiger charge is 2.21. The first kappa shape index (κ1) is 18.6. The topological polar surface area (TPSA) is 39.2 Å². The Morgan fingerprint density at radius 3 is 2.73 bits per heavy atom. The molecule has 1 aromatic heterocycles. The summed E-state index contributed by atoms with van der Waals surface area (Å²) >= 11 is 0. The number of hydrogen-bond acceptors (Lipinski definition) is 3. The van der Waals surface area contributed by atoms with Gasteiger partial charge in [0.2, 0.25) is 0 Å². The molecule has 0 unspecified atom stereocenters. The van der Waals surface area contributed by atoms with E-state index in [1.807, 2.05) is 26.0 Å². The third-order valence-corrected chi connectivity index (χ3v) is 4.99. The second kappa shape index (κ2) is 8.48. The van der Waals surface area contributed by atoms with Crippen molar-refractivity contribution in [2.75, 3.05) is 0 Å². The second-order valence-corrected chi connectivity index (χ2v) is 7.89. The molecule has 0 amide bonds. The van der Waals surface area contributed by atoms with Crippen LogP contribution < -0.4 is 0 Å². The third kappa shape index (κ3) is 5.17. The van der Waals surface area contributed by atoms with E-state index in [1.165, 1.54) is 36.8 Å². The van der Waals surface area contributed by atoms with Crippen LogP contribution in [-0.2, 0) is 22.6 Å². The maximum atomic E-state index is 11.9. The molecule has 1 aliphatic carbocycles. The molecule has 0 radical (unpaired) electrons. The van der Waals surface area contributed by atoms with Crippen LogP contribution in [0.15, 0.2) is 36.5 Å². The van der Waals surface area contributed by atoms with Crippen molar-refractivity contribution in [1.29, 1.82) is 0 Å². The Balaban J connectivity index is 1.72. The Bertz CT molecular complexity index is 763. The highest BCUT2D eigenvalue weighted by atomic mass is 16.5. The molecule has 2 aromatic rings. The second-order valence-electron chi connectivity index (χ2n) is 7.89. The van der Waals surface area contributed by atoms with E-state index < -0.39 is 0 Å². The number of pyridine rings is 1. The van der Waals surface area contributed by atoms with Crippen LogP contribution in [0.5, 0.6) is 0 Å². The summed E-state index contributed by atoms with van der Waals surface area (Å²) in [6, 6.07) is 10.5. The summed E-state index contributed by atoms with van der Waals surface area (Å²) in [7, 11) is 0. The molecule has 0 spiro atoms. The zero-order chi connectivity index (χ0) is 18.5. The van der Waals surface area contributed by atoms with Crippen molar-refractivity contribution in [3.8, 4) is 11.3 Å². The predicted octanol–water partition coefficient (Wildman–Crippen LogP) is 5.49. The average molecular weight is 351 g/mol. The Hall–Kier alpha value is -2.16. The fraction of sp³-hybridized carbons (Fsp3) is 0.478. The number of aromatic nitrogens is 1. The summed E-state index contributed by atoms with van der Waals surface area (Å²) in [5.41, 5.74) is 5.70. The van der Waals surface area contributed by atoms with Gasteiger partial charge in [-0.05, 0) is 54.9 Å². The van der Waals surface area contributed by atoms with Gasteiger partial charge in [0.15, 0.2) is 0 Å². The van der Waals surface area contributed by atoms with Gasteiger partial charge >= 0.3 is 5.97 Å². The lowest BCUT2D eigenvalue weighted by molar-refractivity contribution is -0.145. The summed E-state index contributed by atoms with van der Waals surface area (Å²) in [5, 5.41) is 0. The zero-order valence-corrected chi connectivity index (χ0v) is 16.1. The van der Waals surface area contributed by atoms with Crippen molar-refractivity contribution in [2.24, 2.45) is 11.8 Å². The van der Waals surface area contributed by atoms with E-state index in [1.54, 1.807) is 6.20 Å². The van der Waals surface area contributed by atoms with Crippen molar-refractivity contribution >= 4 is 5.97 Å². The van der Waals surface area contributed by atoms with Crippen molar-refractivity contribution < 1.29 is 9.53 Å². The molecule has 3 nitrogen and oxygen atoms in total. The van der Waals surface area contributed by atoms with Crippen LogP contribution in [0.3, 0.4) is 0 Å². The number of esters is 1. The van der Waals surface area contributed by atoms with Crippen LogP contribution in [0.4, 0.5) is 0 Å². The van der Waals surface area contributed by atoms with Crippen molar-refractivity contribution in [3.63, 3.8) is 0 Å². The normalized spacial score (nSPS) is 13.8. The summed E-state index contributed by atoms with van der Waals surface area (Å²) < 4.78 is 5.45. The minimum Gasteiger partial charge on any atom is -0.461 e. The number of nitrogens with zero attached hydrogens (tertiary/aromatic N) is 1. The molecule has 1 aromatic carbocycles. The van der Waals surface area contributed by atoms with E-state index in [9.17, 15) is 4.79 Å². The first-order valence-electron chi connectivity index (χ1n) is 9.72. The lowest BCUT2D eigenvalue weighted by Crippen LogP contribution is -2.08. The largest absolute Gasteiger partial charge is 0.461 e. The molecule has 0 saturated heterocycles. The summed E-state index contributed by atoms with van der Waals surface area (Å²) in [5.74, 6) is 1.11. The standard InChI is InChI=1S/C23H29NO2/c1-16(2)13-22(25)26-15-21-5-4-12-24-23(21)20-11-10-19(17(3)14-20)9-8-18-6-7-18/h4-5,10-12,14,16,18H,6-9,13,15H2,1-3H3. The summed E-state index contributed by atoms with van der Waals surface area (Å²) in [6.07, 6.45) is 7.53. The molecule has 0 aliphatic heterocycles. The lowest BCUT2D eigenvalue weighted by atomic mass is 9.97. The van der Waals surface area contributed by atoms with Crippen LogP contribution in [0.2, 0.25) is 0 Å². The van der Waals surface area contributed by atoms with Gasteiger partial charge in [0, 0.05) is 23.7 Å². The van der Waals surface area contributed by atoms with Gasteiger partial charge < -0.3 is 4.74 Å². The van der Waals surface area contributed by atoms with E-state index in [4.69, 9.17) is 4.74 Å². The zero-order valence-electron chi connectivity index (χ0n) is 16.1. The minimum atomic E-state index is -0.151. The van der Waals surface area contributed by atoms with Gasteiger partial charge in [0.25, 0.3) is 0 Å². The van der Waals surface area contributed by atoms with E-state index in [0.717, 1.165) is 22.7 Å². The molecule has 1 fully saturated rings. The van der Waals surface area contributed by atoms with Gasteiger partial charge in [-0.25, -0.2) is 0 Å². The first-order chi connectivity index (χ1) is 12.5. The minimum absolute atomic E-state index is 0.151. The van der Waals surface area contributed by atoms with Crippen molar-refractivity contribution in [1.82, 2.24) is 4.98 Å². The Morgan fingerprint density at radius 1 is 1.23 bits per heavy atom. The first-order valence-corrected chi connectivity index (χ1v) is 9.72. The molecule has 1 saturated carbocycles. The van der Waals surface area contributed by atoms with Crippen LogP contribution in [0.25, 0.3) is 11.3 Å².